The SMILES string of the molecule is Cc1c(N)cc(C(=O)N2CCC(O)CC2)cc1F. The van der Waals surface area contributed by atoms with E-state index < -0.39 is 5.82 Å². The molecule has 18 heavy (non-hydrogen) atoms. The average molecular weight is 252 g/mol. The molecule has 0 radical (unpaired) electrons. The molecule has 0 saturated carbocycles. The predicted molar refractivity (Wildman–Crippen MR) is 66.7 cm³/mol. The van der Waals surface area contributed by atoms with Gasteiger partial charge in [0.05, 0.1) is 6.10 Å². The van der Waals surface area contributed by atoms with Crippen LogP contribution in [0.4, 0.5) is 10.1 Å². The number of nitrogens with two attached hydrogens (primary N) is 1. The number of amides is 1. The van der Waals surface area contributed by atoms with Gasteiger partial charge in [0.15, 0.2) is 0 Å². The summed E-state index contributed by atoms with van der Waals surface area (Å²) in [5.41, 5.74) is 6.58. The van der Waals surface area contributed by atoms with Crippen LogP contribution in [0.25, 0.3) is 0 Å². The summed E-state index contributed by atoms with van der Waals surface area (Å²) < 4.78 is 13.5. The molecule has 1 saturated heterocycles. The van der Waals surface area contributed by atoms with E-state index in [1.165, 1.54) is 12.1 Å². The van der Waals surface area contributed by atoms with Crippen molar-refractivity contribution in [3.8, 4) is 0 Å². The van der Waals surface area contributed by atoms with Gasteiger partial charge in [-0.05, 0) is 31.9 Å². The van der Waals surface area contributed by atoms with Gasteiger partial charge in [0, 0.05) is 29.9 Å². The Kier molecular flexibility index (Phi) is 3.52. The van der Waals surface area contributed by atoms with E-state index in [2.05, 4.69) is 0 Å². The van der Waals surface area contributed by atoms with Crippen LogP contribution in [0.15, 0.2) is 12.1 Å². The second-order valence-electron chi connectivity index (χ2n) is 4.70. The number of piperidine rings is 1. The summed E-state index contributed by atoms with van der Waals surface area (Å²) in [7, 11) is 0. The third-order valence-corrected chi connectivity index (χ3v) is 3.38. The highest BCUT2D eigenvalue weighted by Gasteiger charge is 2.23. The highest BCUT2D eigenvalue weighted by Crippen LogP contribution is 2.20. The Balaban J connectivity index is 2.19. The highest BCUT2D eigenvalue weighted by atomic mass is 19.1. The predicted octanol–water partition coefficient (Wildman–Crippen LogP) is 1.31. The van der Waals surface area contributed by atoms with Crippen molar-refractivity contribution in [2.75, 3.05) is 18.8 Å². The number of hydrogen-bond acceptors (Lipinski definition) is 3. The molecule has 1 fully saturated rings. The van der Waals surface area contributed by atoms with E-state index in [1.807, 2.05) is 0 Å². The summed E-state index contributed by atoms with van der Waals surface area (Å²) in [6.45, 7) is 2.57. The fourth-order valence-electron chi connectivity index (χ4n) is 2.08. The molecule has 2 rings (SSSR count). The molecule has 0 unspecified atom stereocenters. The van der Waals surface area contributed by atoms with Gasteiger partial charge in [-0.25, -0.2) is 4.39 Å². The van der Waals surface area contributed by atoms with Crippen molar-refractivity contribution in [3.05, 3.63) is 29.1 Å². The van der Waals surface area contributed by atoms with Gasteiger partial charge in [-0.3, -0.25) is 4.79 Å². The van der Waals surface area contributed by atoms with Crippen LogP contribution >= 0.6 is 0 Å². The second-order valence-corrected chi connectivity index (χ2v) is 4.70. The first-order valence-electron chi connectivity index (χ1n) is 6.02. The minimum absolute atomic E-state index is 0.229. The first-order chi connectivity index (χ1) is 8.49. The van der Waals surface area contributed by atoms with Crippen LogP contribution in [0.5, 0.6) is 0 Å². The number of likely N-dealkylation sites (tertiary alicyclic amines) is 1. The van der Waals surface area contributed by atoms with Crippen molar-refractivity contribution in [3.63, 3.8) is 0 Å². The maximum absolute atomic E-state index is 13.5. The molecule has 4 nitrogen and oxygen atoms in total. The lowest BCUT2D eigenvalue weighted by Gasteiger charge is -2.29. The van der Waals surface area contributed by atoms with Gasteiger partial charge in [-0.15, -0.1) is 0 Å². The maximum Gasteiger partial charge on any atom is 0.254 e. The first-order valence-corrected chi connectivity index (χ1v) is 6.02. The summed E-state index contributed by atoms with van der Waals surface area (Å²) >= 11 is 0. The van der Waals surface area contributed by atoms with Crippen LogP contribution in [-0.2, 0) is 0 Å². The van der Waals surface area contributed by atoms with Gasteiger partial charge < -0.3 is 15.7 Å². The smallest absolute Gasteiger partial charge is 0.254 e. The summed E-state index contributed by atoms with van der Waals surface area (Å²) in [5, 5.41) is 9.39. The fourth-order valence-corrected chi connectivity index (χ4v) is 2.08. The van der Waals surface area contributed by atoms with Crippen LogP contribution in [0.3, 0.4) is 0 Å². The minimum atomic E-state index is -0.463. The molecular weight excluding hydrogens is 235 g/mol. The molecule has 98 valence electrons. The van der Waals surface area contributed by atoms with Crippen molar-refractivity contribution in [2.45, 2.75) is 25.9 Å². The molecule has 0 aliphatic carbocycles. The molecule has 1 amide bonds. The van der Waals surface area contributed by atoms with Gasteiger partial charge in [-0.1, -0.05) is 0 Å². The Morgan fingerprint density at radius 2 is 2.06 bits per heavy atom. The quantitative estimate of drug-likeness (QED) is 0.741. The zero-order valence-electron chi connectivity index (χ0n) is 10.3. The number of hydrogen-bond donors (Lipinski definition) is 2. The number of carbonyl (C=O) groups excluding carboxylic acids is 1. The lowest BCUT2D eigenvalue weighted by Crippen LogP contribution is -2.40. The zero-order chi connectivity index (χ0) is 13.3. The van der Waals surface area contributed by atoms with Crippen molar-refractivity contribution < 1.29 is 14.3 Å². The van der Waals surface area contributed by atoms with E-state index in [0.717, 1.165) is 0 Å². The van der Waals surface area contributed by atoms with E-state index in [0.29, 0.717) is 31.5 Å². The van der Waals surface area contributed by atoms with E-state index in [9.17, 15) is 14.3 Å². The molecule has 1 aromatic rings. The Morgan fingerprint density at radius 3 is 2.61 bits per heavy atom. The van der Waals surface area contributed by atoms with E-state index in [4.69, 9.17) is 5.73 Å². The molecule has 1 aliphatic rings. The minimum Gasteiger partial charge on any atom is -0.398 e. The van der Waals surface area contributed by atoms with Crippen LogP contribution in [0.2, 0.25) is 0 Å². The van der Waals surface area contributed by atoms with E-state index >= 15 is 0 Å². The third-order valence-electron chi connectivity index (χ3n) is 3.38. The normalized spacial score (nSPS) is 16.9. The Bertz CT molecular complexity index is 445. The maximum atomic E-state index is 13.5. The van der Waals surface area contributed by atoms with Crippen LogP contribution in [0.1, 0.15) is 28.8 Å². The number of carbonyl (C=O) groups is 1. The number of benzene rings is 1. The molecule has 1 aromatic carbocycles. The summed E-state index contributed by atoms with van der Waals surface area (Å²) in [6.07, 6.45) is 0.791. The molecule has 0 aromatic heterocycles. The topological polar surface area (TPSA) is 66.6 Å². The van der Waals surface area contributed by atoms with Gasteiger partial charge in [0.1, 0.15) is 5.82 Å². The number of halogens is 1. The van der Waals surface area contributed by atoms with Crippen molar-refractivity contribution in [1.82, 2.24) is 4.90 Å². The molecule has 3 N–H and O–H groups in total. The average Bonchev–Trinajstić information content (AvgIpc) is 2.35. The Morgan fingerprint density at radius 1 is 1.44 bits per heavy atom. The molecule has 0 bridgehead atoms. The second kappa shape index (κ2) is 4.94. The zero-order valence-corrected chi connectivity index (χ0v) is 10.3. The third kappa shape index (κ3) is 2.46. The molecule has 1 aliphatic heterocycles. The Labute approximate surface area is 105 Å². The number of rotatable bonds is 1. The Hall–Kier alpha value is -1.62. The van der Waals surface area contributed by atoms with E-state index in [1.54, 1.807) is 11.8 Å². The van der Waals surface area contributed by atoms with Gasteiger partial charge in [0.2, 0.25) is 0 Å². The lowest BCUT2D eigenvalue weighted by molar-refractivity contribution is 0.0546. The summed E-state index contributed by atoms with van der Waals surface area (Å²) in [6, 6.07) is 2.73. The van der Waals surface area contributed by atoms with Gasteiger partial charge >= 0.3 is 0 Å². The molecule has 0 spiro atoms. The standard InChI is InChI=1S/C13H17FN2O2/c1-8-11(14)6-9(7-12(8)15)13(18)16-4-2-10(17)3-5-16/h6-7,10,17H,2-5,15H2,1H3. The van der Waals surface area contributed by atoms with Crippen LogP contribution < -0.4 is 5.73 Å². The largest absolute Gasteiger partial charge is 0.398 e. The summed E-state index contributed by atoms with van der Waals surface area (Å²) in [4.78, 5) is 13.8. The van der Waals surface area contributed by atoms with Crippen LogP contribution in [0, 0.1) is 12.7 Å². The summed E-state index contributed by atoms with van der Waals surface area (Å²) in [5.74, 6) is -0.692. The van der Waals surface area contributed by atoms with Gasteiger partial charge in [-0.2, -0.15) is 0 Å². The van der Waals surface area contributed by atoms with E-state index in [-0.39, 0.29) is 23.3 Å². The monoisotopic (exact) mass is 252 g/mol. The van der Waals surface area contributed by atoms with Crippen molar-refractivity contribution >= 4 is 11.6 Å². The number of anilines is 1. The van der Waals surface area contributed by atoms with Gasteiger partial charge in [0.25, 0.3) is 5.91 Å². The number of nitrogens with zero attached hydrogens (tertiary/aromatic N) is 1. The molecule has 0 atom stereocenters. The van der Waals surface area contributed by atoms with Crippen molar-refractivity contribution in [2.24, 2.45) is 0 Å². The number of aliphatic hydroxyl groups is 1. The highest BCUT2D eigenvalue weighted by molar-refractivity contribution is 5.95. The van der Waals surface area contributed by atoms with Crippen LogP contribution in [-0.4, -0.2) is 35.1 Å². The molecule has 5 heteroatoms. The van der Waals surface area contributed by atoms with Crippen molar-refractivity contribution in [1.29, 1.82) is 0 Å². The first kappa shape index (κ1) is 12.8. The molecular formula is C13H17FN2O2. The number of aliphatic hydroxyl groups excluding tert-OH is 1. The fraction of sp³-hybridized carbons (Fsp3) is 0.462. The lowest BCUT2D eigenvalue weighted by atomic mass is 10.0. The molecule has 1 heterocycles. The number of nitrogen functional groups attached to an aromatic ring is 1.